The van der Waals surface area contributed by atoms with Crippen molar-refractivity contribution in [2.75, 3.05) is 18.5 Å². The van der Waals surface area contributed by atoms with Crippen LogP contribution < -0.4 is 10.1 Å². The average Bonchev–Trinajstić information content (AvgIpc) is 3.20. The Labute approximate surface area is 178 Å². The molecule has 4 rings (SSSR count). The molecule has 0 bridgehead atoms. The molecular formula is C23H21FN4O3. The molecule has 4 aromatic rings. The summed E-state index contributed by atoms with van der Waals surface area (Å²) in [5.74, 6) is -0.406. The minimum atomic E-state index is -0.424. The molecule has 0 saturated heterocycles. The van der Waals surface area contributed by atoms with Crippen molar-refractivity contribution >= 4 is 22.6 Å². The van der Waals surface area contributed by atoms with E-state index in [2.05, 4.69) is 15.5 Å². The molecular weight excluding hydrogens is 399 g/mol. The summed E-state index contributed by atoms with van der Waals surface area (Å²) in [5.41, 5.74) is 3.73. The number of aliphatic hydroxyl groups is 1. The second kappa shape index (κ2) is 8.93. The molecule has 158 valence electrons. The molecule has 1 aromatic heterocycles. The molecule has 0 radical (unpaired) electrons. The van der Waals surface area contributed by atoms with Crippen molar-refractivity contribution in [3.05, 3.63) is 77.6 Å². The lowest BCUT2D eigenvalue weighted by atomic mass is 10.1. The maximum atomic E-state index is 13.7. The fourth-order valence-electron chi connectivity index (χ4n) is 3.10. The van der Waals surface area contributed by atoms with Crippen LogP contribution in [0.4, 0.5) is 10.1 Å². The third-order valence-electron chi connectivity index (χ3n) is 4.74. The Morgan fingerprint density at radius 3 is 2.52 bits per heavy atom. The summed E-state index contributed by atoms with van der Waals surface area (Å²) in [5, 5.41) is 20.8. The van der Waals surface area contributed by atoms with E-state index in [1.165, 1.54) is 10.9 Å². The monoisotopic (exact) mass is 420 g/mol. The maximum absolute atomic E-state index is 13.7. The fourth-order valence-corrected chi connectivity index (χ4v) is 3.10. The summed E-state index contributed by atoms with van der Waals surface area (Å²) >= 11 is 0. The highest BCUT2D eigenvalue weighted by molar-refractivity contribution is 5.92. The van der Waals surface area contributed by atoms with E-state index in [0.717, 1.165) is 16.6 Å². The van der Waals surface area contributed by atoms with E-state index in [1.54, 1.807) is 25.1 Å². The van der Waals surface area contributed by atoms with Gasteiger partial charge < -0.3 is 15.2 Å². The number of aryl methyl sites for hydroxylation is 1. The SMILES string of the molecule is Cc1ccc(NC(=O)COc2ccc(CCO)cc2-n2nc3ccccc3n2)cc1F. The number of hydrogen-bond donors (Lipinski definition) is 2. The van der Waals surface area contributed by atoms with Crippen molar-refractivity contribution in [3.8, 4) is 11.4 Å². The molecule has 0 aliphatic heterocycles. The van der Waals surface area contributed by atoms with E-state index >= 15 is 0 Å². The number of anilines is 1. The number of amides is 1. The Hall–Kier alpha value is -3.78. The van der Waals surface area contributed by atoms with Gasteiger partial charge in [-0.25, -0.2) is 4.39 Å². The van der Waals surface area contributed by atoms with Gasteiger partial charge in [0.25, 0.3) is 5.91 Å². The van der Waals surface area contributed by atoms with Crippen molar-refractivity contribution in [1.82, 2.24) is 15.0 Å². The van der Waals surface area contributed by atoms with E-state index in [-0.39, 0.29) is 13.2 Å². The zero-order valence-corrected chi connectivity index (χ0v) is 16.9. The van der Waals surface area contributed by atoms with Gasteiger partial charge in [0.2, 0.25) is 0 Å². The smallest absolute Gasteiger partial charge is 0.262 e. The minimum absolute atomic E-state index is 0.00364. The summed E-state index contributed by atoms with van der Waals surface area (Å²) in [6, 6.07) is 17.3. The number of rotatable bonds is 7. The number of fused-ring (bicyclic) bond motifs is 1. The van der Waals surface area contributed by atoms with Crippen LogP contribution in [0.15, 0.2) is 60.7 Å². The molecule has 3 aromatic carbocycles. The first-order valence-corrected chi connectivity index (χ1v) is 9.78. The number of carbonyl (C=O) groups excluding carboxylic acids is 1. The van der Waals surface area contributed by atoms with Crippen molar-refractivity contribution < 1.29 is 19.0 Å². The second-order valence-electron chi connectivity index (χ2n) is 7.05. The topological polar surface area (TPSA) is 89.3 Å². The molecule has 1 amide bonds. The van der Waals surface area contributed by atoms with Crippen LogP contribution in [0.25, 0.3) is 16.7 Å². The third-order valence-corrected chi connectivity index (χ3v) is 4.74. The molecule has 7 nitrogen and oxygen atoms in total. The van der Waals surface area contributed by atoms with Gasteiger partial charge in [0.1, 0.15) is 28.3 Å². The number of hydrogen-bond acceptors (Lipinski definition) is 5. The molecule has 31 heavy (non-hydrogen) atoms. The molecule has 0 aliphatic rings. The summed E-state index contributed by atoms with van der Waals surface area (Å²) in [7, 11) is 0. The summed E-state index contributed by atoms with van der Waals surface area (Å²) < 4.78 is 19.4. The van der Waals surface area contributed by atoms with Crippen LogP contribution in [0, 0.1) is 12.7 Å². The molecule has 0 atom stereocenters. The predicted octanol–water partition coefficient (Wildman–Crippen LogP) is 3.42. The fraction of sp³-hybridized carbons (Fsp3) is 0.174. The Morgan fingerprint density at radius 2 is 1.84 bits per heavy atom. The van der Waals surface area contributed by atoms with Crippen LogP contribution in [0.1, 0.15) is 11.1 Å². The number of benzene rings is 3. The van der Waals surface area contributed by atoms with E-state index in [9.17, 15) is 14.3 Å². The van der Waals surface area contributed by atoms with E-state index < -0.39 is 11.7 Å². The lowest BCUT2D eigenvalue weighted by Crippen LogP contribution is -2.21. The van der Waals surface area contributed by atoms with Crippen LogP contribution in [0.2, 0.25) is 0 Å². The number of halogens is 1. The highest BCUT2D eigenvalue weighted by atomic mass is 19.1. The third kappa shape index (κ3) is 4.70. The van der Waals surface area contributed by atoms with Crippen molar-refractivity contribution in [1.29, 1.82) is 0 Å². The largest absolute Gasteiger partial charge is 0.481 e. The number of aromatic nitrogens is 3. The number of nitrogens with zero attached hydrogens (tertiary/aromatic N) is 3. The first kappa shape index (κ1) is 20.5. The van der Waals surface area contributed by atoms with Gasteiger partial charge >= 0.3 is 0 Å². The average molecular weight is 420 g/mol. The van der Waals surface area contributed by atoms with Gasteiger partial charge in [0.05, 0.1) is 0 Å². The van der Waals surface area contributed by atoms with Crippen LogP contribution in [0.3, 0.4) is 0 Å². The Morgan fingerprint density at radius 1 is 1.10 bits per heavy atom. The quantitative estimate of drug-likeness (QED) is 0.478. The van der Waals surface area contributed by atoms with Gasteiger partial charge in [-0.2, -0.15) is 0 Å². The maximum Gasteiger partial charge on any atom is 0.262 e. The van der Waals surface area contributed by atoms with E-state index in [0.29, 0.717) is 29.1 Å². The Balaban J connectivity index is 1.55. The standard InChI is InChI=1S/C23H21FN4O3/c1-15-6-8-17(13-18(15)24)25-23(30)14-31-22-9-7-16(10-11-29)12-21(22)28-26-19-4-2-3-5-20(19)27-28/h2-9,12-13,29H,10-11,14H2,1H3,(H,25,30). The van der Waals surface area contributed by atoms with Gasteiger partial charge in [0.15, 0.2) is 6.61 Å². The lowest BCUT2D eigenvalue weighted by molar-refractivity contribution is -0.118. The summed E-state index contributed by atoms with van der Waals surface area (Å²) in [4.78, 5) is 13.8. The zero-order valence-electron chi connectivity index (χ0n) is 16.9. The number of carbonyl (C=O) groups is 1. The minimum Gasteiger partial charge on any atom is -0.481 e. The highest BCUT2D eigenvalue weighted by Crippen LogP contribution is 2.25. The van der Waals surface area contributed by atoms with Gasteiger partial charge in [-0.05, 0) is 60.9 Å². The normalized spacial score (nSPS) is 10.9. The molecule has 0 aliphatic carbocycles. The molecule has 2 N–H and O–H groups in total. The zero-order chi connectivity index (χ0) is 21.8. The van der Waals surface area contributed by atoms with Gasteiger partial charge in [-0.3, -0.25) is 4.79 Å². The molecule has 0 fully saturated rings. The molecule has 0 unspecified atom stereocenters. The van der Waals surface area contributed by atoms with Crippen molar-refractivity contribution in [2.45, 2.75) is 13.3 Å². The lowest BCUT2D eigenvalue weighted by Gasteiger charge is -2.12. The second-order valence-corrected chi connectivity index (χ2v) is 7.05. The van der Waals surface area contributed by atoms with Crippen molar-refractivity contribution in [2.24, 2.45) is 0 Å². The molecule has 0 saturated carbocycles. The first-order valence-electron chi connectivity index (χ1n) is 9.78. The number of ether oxygens (including phenoxy) is 1. The number of nitrogens with one attached hydrogen (secondary N) is 1. The van der Waals surface area contributed by atoms with Gasteiger partial charge in [-0.15, -0.1) is 15.0 Å². The van der Waals surface area contributed by atoms with Crippen molar-refractivity contribution in [3.63, 3.8) is 0 Å². The van der Waals surface area contributed by atoms with Crippen LogP contribution >= 0.6 is 0 Å². The molecule has 1 heterocycles. The molecule has 8 heteroatoms. The molecule has 0 spiro atoms. The van der Waals surface area contributed by atoms with E-state index in [1.807, 2.05) is 36.4 Å². The van der Waals surface area contributed by atoms with Crippen LogP contribution in [-0.2, 0) is 11.2 Å². The Kier molecular flexibility index (Phi) is 5.90. The van der Waals surface area contributed by atoms with Crippen LogP contribution in [-0.4, -0.2) is 39.2 Å². The van der Waals surface area contributed by atoms with Crippen LogP contribution in [0.5, 0.6) is 5.75 Å². The number of aliphatic hydroxyl groups excluding tert-OH is 1. The predicted molar refractivity (Wildman–Crippen MR) is 115 cm³/mol. The first-order chi connectivity index (χ1) is 15.0. The highest BCUT2D eigenvalue weighted by Gasteiger charge is 2.13. The Bertz CT molecular complexity index is 1210. The van der Waals surface area contributed by atoms with E-state index in [4.69, 9.17) is 4.74 Å². The van der Waals surface area contributed by atoms with Gasteiger partial charge in [0, 0.05) is 12.3 Å². The summed E-state index contributed by atoms with van der Waals surface area (Å²) in [6.07, 6.45) is 0.466. The summed E-state index contributed by atoms with van der Waals surface area (Å²) in [6.45, 7) is 1.38. The van der Waals surface area contributed by atoms with Gasteiger partial charge in [-0.1, -0.05) is 24.3 Å².